The normalized spacial score (nSPS) is 12.0. The molecule has 1 nitrogen and oxygen atoms in total. The molecule has 0 aliphatic rings. The molecule has 10 rings (SSSR count). The summed E-state index contributed by atoms with van der Waals surface area (Å²) in [6, 6.07) is 57.4. The van der Waals surface area contributed by atoms with E-state index in [1.165, 1.54) is 70.7 Å². The van der Waals surface area contributed by atoms with Crippen LogP contribution in [-0.2, 0) is 0 Å². The molecule has 10 aromatic rings. The van der Waals surface area contributed by atoms with Crippen LogP contribution in [0.1, 0.15) is 0 Å². The Bertz CT molecular complexity index is 2820. The molecule has 0 saturated heterocycles. The van der Waals surface area contributed by atoms with Crippen LogP contribution in [0.2, 0.25) is 0 Å². The third-order valence-corrected chi connectivity index (χ3v) is 9.57. The van der Waals surface area contributed by atoms with Crippen molar-refractivity contribution < 1.29 is 4.42 Å². The summed E-state index contributed by atoms with van der Waals surface area (Å²) >= 11 is 0. The van der Waals surface area contributed by atoms with Crippen LogP contribution in [0.3, 0.4) is 0 Å². The fraction of sp³-hybridized carbons (Fsp3) is 0. The average molecular weight is 571 g/mol. The van der Waals surface area contributed by atoms with Gasteiger partial charge in [0.1, 0.15) is 11.2 Å². The van der Waals surface area contributed by atoms with Gasteiger partial charge in [-0.1, -0.05) is 127 Å². The summed E-state index contributed by atoms with van der Waals surface area (Å²) in [5.41, 5.74) is 6.71. The van der Waals surface area contributed by atoms with Gasteiger partial charge in [-0.25, -0.2) is 0 Å². The second-order valence-electron chi connectivity index (χ2n) is 12.1. The zero-order valence-electron chi connectivity index (χ0n) is 24.4. The van der Waals surface area contributed by atoms with Crippen molar-refractivity contribution >= 4 is 75.8 Å². The molecular formula is C44H26O. The minimum atomic E-state index is 0.918. The monoisotopic (exact) mass is 570 g/mol. The second kappa shape index (κ2) is 9.29. The SMILES string of the molecule is c1ccc2cc(-c3c4ccccc4c(-c4ccc5ccccc5c4)c4c3ccc3c5cc6ccccc6cc5oc34)ccc2c1. The van der Waals surface area contributed by atoms with Crippen LogP contribution in [0.15, 0.2) is 162 Å². The highest BCUT2D eigenvalue weighted by Crippen LogP contribution is 2.48. The van der Waals surface area contributed by atoms with Gasteiger partial charge < -0.3 is 4.42 Å². The van der Waals surface area contributed by atoms with Crippen molar-refractivity contribution in [1.29, 1.82) is 0 Å². The molecule has 45 heavy (non-hydrogen) atoms. The average Bonchev–Trinajstić information content (AvgIpc) is 3.46. The number of fused-ring (bicyclic) bond motifs is 9. The molecule has 1 heteroatoms. The lowest BCUT2D eigenvalue weighted by Crippen LogP contribution is -1.92. The molecule has 0 radical (unpaired) electrons. The summed E-state index contributed by atoms with van der Waals surface area (Å²) in [5, 5.41) is 14.5. The Balaban J connectivity index is 1.42. The third kappa shape index (κ3) is 3.62. The van der Waals surface area contributed by atoms with Crippen molar-refractivity contribution in [1.82, 2.24) is 0 Å². The summed E-state index contributed by atoms with van der Waals surface area (Å²) in [5.74, 6) is 0. The van der Waals surface area contributed by atoms with Crippen molar-refractivity contribution in [2.24, 2.45) is 0 Å². The van der Waals surface area contributed by atoms with Gasteiger partial charge in [0.05, 0.1) is 0 Å². The number of hydrogen-bond donors (Lipinski definition) is 0. The Morgan fingerprint density at radius 2 is 0.800 bits per heavy atom. The van der Waals surface area contributed by atoms with E-state index >= 15 is 0 Å². The first-order valence-corrected chi connectivity index (χ1v) is 15.5. The number of rotatable bonds is 2. The first kappa shape index (κ1) is 24.5. The van der Waals surface area contributed by atoms with E-state index in [1.807, 2.05) is 0 Å². The van der Waals surface area contributed by atoms with Gasteiger partial charge in [0.2, 0.25) is 0 Å². The van der Waals surface area contributed by atoms with Gasteiger partial charge in [0, 0.05) is 21.7 Å². The predicted molar refractivity (Wildman–Crippen MR) is 192 cm³/mol. The first-order chi connectivity index (χ1) is 22.3. The largest absolute Gasteiger partial charge is 0.455 e. The molecule has 0 atom stereocenters. The van der Waals surface area contributed by atoms with E-state index in [4.69, 9.17) is 4.42 Å². The van der Waals surface area contributed by atoms with Gasteiger partial charge >= 0.3 is 0 Å². The molecule has 9 aromatic carbocycles. The molecule has 0 saturated carbocycles. The fourth-order valence-corrected chi connectivity index (χ4v) is 7.48. The van der Waals surface area contributed by atoms with Crippen LogP contribution in [-0.4, -0.2) is 0 Å². The lowest BCUT2D eigenvalue weighted by atomic mass is 9.84. The maximum atomic E-state index is 6.93. The fourth-order valence-electron chi connectivity index (χ4n) is 7.48. The maximum absolute atomic E-state index is 6.93. The minimum Gasteiger partial charge on any atom is -0.455 e. The Morgan fingerprint density at radius 1 is 0.311 bits per heavy atom. The van der Waals surface area contributed by atoms with E-state index in [-0.39, 0.29) is 0 Å². The van der Waals surface area contributed by atoms with Crippen LogP contribution in [0.5, 0.6) is 0 Å². The topological polar surface area (TPSA) is 13.1 Å². The van der Waals surface area contributed by atoms with Gasteiger partial charge in [0.25, 0.3) is 0 Å². The molecule has 0 bridgehead atoms. The molecule has 0 N–H and O–H groups in total. The van der Waals surface area contributed by atoms with Crippen molar-refractivity contribution in [3.05, 3.63) is 158 Å². The van der Waals surface area contributed by atoms with Crippen molar-refractivity contribution in [3.8, 4) is 22.3 Å². The van der Waals surface area contributed by atoms with Crippen LogP contribution in [0, 0.1) is 0 Å². The summed E-state index contributed by atoms with van der Waals surface area (Å²) in [6.07, 6.45) is 0. The highest BCUT2D eigenvalue weighted by atomic mass is 16.3. The van der Waals surface area contributed by atoms with E-state index in [9.17, 15) is 0 Å². The predicted octanol–water partition coefficient (Wildman–Crippen LogP) is 12.7. The molecule has 0 unspecified atom stereocenters. The molecule has 1 heterocycles. The van der Waals surface area contributed by atoms with E-state index in [0.29, 0.717) is 0 Å². The van der Waals surface area contributed by atoms with Gasteiger partial charge in [0.15, 0.2) is 0 Å². The van der Waals surface area contributed by atoms with E-state index in [0.717, 1.165) is 27.3 Å². The Morgan fingerprint density at radius 3 is 1.44 bits per heavy atom. The summed E-state index contributed by atoms with van der Waals surface area (Å²) in [6.45, 7) is 0. The highest BCUT2D eigenvalue weighted by Gasteiger charge is 2.22. The van der Waals surface area contributed by atoms with Gasteiger partial charge in [-0.05, 0) is 95.5 Å². The summed E-state index contributed by atoms with van der Waals surface area (Å²) in [7, 11) is 0. The standard InChI is InChI=1S/C44H26O/c1-3-11-29-23-33(19-17-27(29)9-1)41-35-15-7-8-16-36(35)42(34-20-18-28-10-2-4-12-30(28)24-34)43-38(41)22-21-37-39-25-31-13-5-6-14-32(31)26-40(39)45-44(37)43/h1-26H. The van der Waals surface area contributed by atoms with Crippen molar-refractivity contribution in [3.63, 3.8) is 0 Å². The Kier molecular flexibility index (Phi) is 5.06. The Hall–Kier alpha value is -5.92. The van der Waals surface area contributed by atoms with Crippen LogP contribution < -0.4 is 0 Å². The van der Waals surface area contributed by atoms with Crippen LogP contribution in [0.25, 0.3) is 98.1 Å². The molecule has 0 aliphatic carbocycles. The van der Waals surface area contributed by atoms with Crippen molar-refractivity contribution in [2.75, 3.05) is 0 Å². The molecule has 0 amide bonds. The molecular weight excluding hydrogens is 544 g/mol. The molecule has 208 valence electrons. The van der Waals surface area contributed by atoms with Gasteiger partial charge in [-0.3, -0.25) is 0 Å². The number of hydrogen-bond acceptors (Lipinski definition) is 1. The Labute approximate surface area is 259 Å². The second-order valence-corrected chi connectivity index (χ2v) is 12.1. The van der Waals surface area contributed by atoms with Crippen molar-refractivity contribution in [2.45, 2.75) is 0 Å². The van der Waals surface area contributed by atoms with E-state index in [1.54, 1.807) is 0 Å². The van der Waals surface area contributed by atoms with Crippen LogP contribution in [0.4, 0.5) is 0 Å². The number of benzene rings is 9. The van der Waals surface area contributed by atoms with Gasteiger partial charge in [-0.2, -0.15) is 0 Å². The lowest BCUT2D eigenvalue weighted by molar-refractivity contribution is 0.673. The summed E-state index contributed by atoms with van der Waals surface area (Å²) < 4.78 is 6.93. The number of furan rings is 1. The van der Waals surface area contributed by atoms with E-state index < -0.39 is 0 Å². The zero-order chi connectivity index (χ0) is 29.5. The smallest absolute Gasteiger partial charge is 0.143 e. The molecule has 0 spiro atoms. The van der Waals surface area contributed by atoms with Crippen LogP contribution >= 0.6 is 0 Å². The van der Waals surface area contributed by atoms with E-state index in [2.05, 4.69) is 158 Å². The first-order valence-electron chi connectivity index (χ1n) is 15.5. The third-order valence-electron chi connectivity index (χ3n) is 9.57. The molecule has 1 aromatic heterocycles. The summed E-state index contributed by atoms with van der Waals surface area (Å²) in [4.78, 5) is 0. The van der Waals surface area contributed by atoms with Gasteiger partial charge in [-0.15, -0.1) is 0 Å². The zero-order valence-corrected chi connectivity index (χ0v) is 24.4. The highest BCUT2D eigenvalue weighted by molar-refractivity contribution is 6.29. The maximum Gasteiger partial charge on any atom is 0.143 e. The molecule has 0 fully saturated rings. The molecule has 0 aliphatic heterocycles. The lowest BCUT2D eigenvalue weighted by Gasteiger charge is -2.18. The minimum absolute atomic E-state index is 0.918. The quantitative estimate of drug-likeness (QED) is 0.188.